The lowest BCUT2D eigenvalue weighted by atomic mass is 10.0. The molecule has 1 aromatic carbocycles. The van der Waals surface area contributed by atoms with Gasteiger partial charge in [0.2, 0.25) is 0 Å². The predicted octanol–water partition coefficient (Wildman–Crippen LogP) is 6.53. The van der Waals surface area contributed by atoms with E-state index in [0.717, 1.165) is 36.8 Å². The number of anilines is 1. The molecular weight excluding hydrogens is 475 g/mol. The maximum atomic E-state index is 13.3. The topological polar surface area (TPSA) is 56.7 Å². The van der Waals surface area contributed by atoms with Crippen LogP contribution in [0, 0.1) is 5.82 Å². The second-order valence-corrected chi connectivity index (χ2v) is 8.83. The Morgan fingerprint density at radius 3 is 2.63 bits per heavy atom. The quantitative estimate of drug-likeness (QED) is 0.250. The van der Waals surface area contributed by atoms with Crippen LogP contribution in [0.1, 0.15) is 44.5 Å². The molecule has 0 amide bonds. The molecule has 1 atom stereocenters. The normalized spacial score (nSPS) is 14.7. The molecule has 1 unspecified atom stereocenters. The monoisotopic (exact) mass is 504 g/mol. The maximum absolute atomic E-state index is 13.3. The van der Waals surface area contributed by atoms with Gasteiger partial charge in [-0.2, -0.15) is 18.3 Å². The molecule has 2 aromatic heterocycles. The number of allylic oxidation sites excluding steroid dienone is 6. The van der Waals surface area contributed by atoms with Crippen molar-refractivity contribution in [2.45, 2.75) is 52.3 Å². The number of aromatic nitrogens is 3. The summed E-state index contributed by atoms with van der Waals surface area (Å²) in [6.07, 6.45) is 6.44. The summed E-state index contributed by atoms with van der Waals surface area (Å²) in [4.78, 5) is 3.89. The fraction of sp³-hybridized carbons (Fsp3) is 0.308. The molecule has 2 N–H and O–H groups in total. The van der Waals surface area contributed by atoms with Crippen LogP contribution in [0.5, 0.6) is 0 Å². The van der Waals surface area contributed by atoms with E-state index in [2.05, 4.69) is 19.3 Å². The minimum Gasteiger partial charge on any atom is -0.383 e. The summed E-state index contributed by atoms with van der Waals surface area (Å²) in [5.41, 5.74) is 7.21. The Morgan fingerprint density at radius 2 is 1.97 bits per heavy atom. The van der Waals surface area contributed by atoms with Crippen LogP contribution < -0.4 is 11.0 Å². The lowest BCUT2D eigenvalue weighted by Gasteiger charge is -2.11. The van der Waals surface area contributed by atoms with Crippen molar-refractivity contribution < 1.29 is 17.6 Å². The largest absolute Gasteiger partial charge is 0.416 e. The van der Waals surface area contributed by atoms with Gasteiger partial charge in [0.25, 0.3) is 0 Å². The zero-order valence-corrected chi connectivity index (χ0v) is 20.9. The van der Waals surface area contributed by atoms with Crippen molar-refractivity contribution in [2.75, 3.05) is 5.73 Å². The first kappa shape index (κ1) is 26.6. The lowest BCUT2D eigenvalue weighted by molar-refractivity contribution is -0.0883. The van der Waals surface area contributed by atoms with E-state index >= 15 is 0 Å². The van der Waals surface area contributed by atoms with Gasteiger partial charge in [-0.1, -0.05) is 25.2 Å². The van der Waals surface area contributed by atoms with Crippen molar-refractivity contribution in [3.63, 3.8) is 0 Å². The zero-order chi connectivity index (χ0) is 25.6. The average Bonchev–Trinajstić information content (AvgIpc) is 3.23. The minimum absolute atomic E-state index is 0.267. The number of nitrogens with two attached hydrogens (primary N) is 1. The molecule has 0 aliphatic carbocycles. The van der Waals surface area contributed by atoms with Gasteiger partial charge < -0.3 is 5.73 Å². The third kappa shape index (κ3) is 6.79. The van der Waals surface area contributed by atoms with Gasteiger partial charge in [0.1, 0.15) is 11.6 Å². The number of halogens is 4. The van der Waals surface area contributed by atoms with Crippen molar-refractivity contribution in [2.24, 2.45) is 0 Å². The Kier molecular flexibility index (Phi) is 8.84. The van der Waals surface area contributed by atoms with Gasteiger partial charge in [0, 0.05) is 34.8 Å². The Morgan fingerprint density at radius 1 is 1.20 bits per heavy atom. The standard InChI is InChI=1S/C17H21F3N2.C9H8FN2P/c1-3-7-13(11-14(8-4-2)17(18,19)20)16-12-15-9-5-6-10-22(15)21-16;10-8-4-5(13)3-7-6(8)1-2-12-9(7)11/h3,7-8,11-12H,4-6,9-10H2,1-2H3;1-4H,13H2,(H2,11,12)/b7-3-,13-11+,14-8-;. The third-order valence-corrected chi connectivity index (χ3v) is 5.84. The number of pyridine rings is 1. The minimum atomic E-state index is -4.35. The first-order valence-electron chi connectivity index (χ1n) is 11.4. The van der Waals surface area contributed by atoms with E-state index in [0.29, 0.717) is 34.3 Å². The summed E-state index contributed by atoms with van der Waals surface area (Å²) < 4.78 is 54.5. The zero-order valence-electron chi connectivity index (χ0n) is 19.7. The van der Waals surface area contributed by atoms with Crippen LogP contribution in [-0.4, -0.2) is 20.9 Å². The van der Waals surface area contributed by atoms with E-state index in [4.69, 9.17) is 5.73 Å². The Hall–Kier alpha value is -2.99. The first-order valence-corrected chi connectivity index (χ1v) is 12.0. The van der Waals surface area contributed by atoms with Gasteiger partial charge in [-0.05, 0) is 68.3 Å². The van der Waals surface area contributed by atoms with Crippen LogP contribution in [0.4, 0.5) is 23.4 Å². The van der Waals surface area contributed by atoms with Crippen LogP contribution in [0.25, 0.3) is 16.3 Å². The summed E-state index contributed by atoms with van der Waals surface area (Å²) in [5, 5.41) is 6.41. The second-order valence-electron chi connectivity index (χ2n) is 8.16. The Bertz CT molecular complexity index is 1250. The smallest absolute Gasteiger partial charge is 0.383 e. The molecule has 4 nitrogen and oxygen atoms in total. The van der Waals surface area contributed by atoms with Crippen LogP contribution in [0.15, 0.2) is 60.3 Å². The number of fused-ring (bicyclic) bond motifs is 2. The molecule has 0 bridgehead atoms. The molecule has 3 heterocycles. The van der Waals surface area contributed by atoms with Crippen molar-refractivity contribution in [3.8, 4) is 0 Å². The van der Waals surface area contributed by atoms with Gasteiger partial charge in [-0.15, -0.1) is 9.24 Å². The van der Waals surface area contributed by atoms with E-state index < -0.39 is 11.7 Å². The van der Waals surface area contributed by atoms with Gasteiger partial charge in [-0.25, -0.2) is 9.37 Å². The van der Waals surface area contributed by atoms with Crippen molar-refractivity contribution in [1.29, 1.82) is 0 Å². The van der Waals surface area contributed by atoms with E-state index in [1.807, 2.05) is 10.7 Å². The molecule has 3 aromatic rings. The number of hydrogen-bond donors (Lipinski definition) is 1. The molecule has 4 rings (SSSR count). The van der Waals surface area contributed by atoms with Crippen molar-refractivity contribution in [3.05, 3.63) is 77.5 Å². The highest BCUT2D eigenvalue weighted by Gasteiger charge is 2.32. The van der Waals surface area contributed by atoms with Crippen LogP contribution in [0.2, 0.25) is 0 Å². The molecule has 35 heavy (non-hydrogen) atoms. The van der Waals surface area contributed by atoms with E-state index in [-0.39, 0.29) is 5.82 Å². The summed E-state index contributed by atoms with van der Waals surface area (Å²) >= 11 is 0. The number of benzene rings is 1. The first-order chi connectivity index (χ1) is 16.6. The van der Waals surface area contributed by atoms with Crippen LogP contribution in [0.3, 0.4) is 0 Å². The molecule has 186 valence electrons. The number of hydrogen-bond acceptors (Lipinski definition) is 3. The number of nitrogen functional groups attached to an aromatic ring is 1. The highest BCUT2D eigenvalue weighted by Crippen LogP contribution is 2.31. The number of rotatable bonds is 4. The molecule has 0 fully saturated rings. The third-order valence-electron chi connectivity index (χ3n) is 5.50. The molecular formula is C26H29F4N4P. The van der Waals surface area contributed by atoms with E-state index in [9.17, 15) is 17.6 Å². The fourth-order valence-corrected chi connectivity index (χ4v) is 4.18. The van der Waals surface area contributed by atoms with Gasteiger partial charge in [-0.3, -0.25) is 4.68 Å². The van der Waals surface area contributed by atoms with Crippen LogP contribution >= 0.6 is 9.24 Å². The highest BCUT2D eigenvalue weighted by molar-refractivity contribution is 7.27. The summed E-state index contributed by atoms with van der Waals surface area (Å²) in [6.45, 7) is 4.33. The summed E-state index contributed by atoms with van der Waals surface area (Å²) in [6, 6.07) is 6.77. The average molecular weight is 505 g/mol. The summed E-state index contributed by atoms with van der Waals surface area (Å²) in [5.74, 6) is 0.0947. The van der Waals surface area contributed by atoms with Crippen molar-refractivity contribution in [1.82, 2.24) is 14.8 Å². The predicted molar refractivity (Wildman–Crippen MR) is 138 cm³/mol. The highest BCUT2D eigenvalue weighted by atomic mass is 31.0. The number of nitrogens with zero attached hydrogens (tertiary/aromatic N) is 3. The van der Waals surface area contributed by atoms with Crippen molar-refractivity contribution >= 4 is 36.7 Å². The second kappa shape index (κ2) is 11.6. The van der Waals surface area contributed by atoms with Gasteiger partial charge in [0.15, 0.2) is 0 Å². The SMILES string of the molecule is C\C=C/C(=C\C(=C\CC)C(F)(F)F)c1cc2n(n1)CCCC2.Nc1nccc2c(F)cc(P)cc12. The molecule has 1 aliphatic rings. The molecule has 9 heteroatoms. The van der Waals surface area contributed by atoms with E-state index in [1.54, 1.807) is 38.1 Å². The van der Waals surface area contributed by atoms with E-state index in [1.165, 1.54) is 24.4 Å². The number of aryl methyl sites for hydroxylation is 2. The Balaban J connectivity index is 0.000000223. The molecule has 0 saturated heterocycles. The molecule has 0 saturated carbocycles. The number of alkyl halides is 3. The van der Waals surface area contributed by atoms with Gasteiger partial charge >= 0.3 is 6.18 Å². The fourth-order valence-electron chi connectivity index (χ4n) is 3.87. The molecule has 0 spiro atoms. The molecule has 0 radical (unpaired) electrons. The molecule has 1 aliphatic heterocycles. The lowest BCUT2D eigenvalue weighted by Crippen LogP contribution is -2.11. The maximum Gasteiger partial charge on any atom is 0.416 e. The Labute approximate surface area is 204 Å². The van der Waals surface area contributed by atoms with Crippen LogP contribution in [-0.2, 0) is 13.0 Å². The summed E-state index contributed by atoms with van der Waals surface area (Å²) in [7, 11) is 2.44. The van der Waals surface area contributed by atoms with Gasteiger partial charge in [0.05, 0.1) is 11.3 Å².